The van der Waals surface area contributed by atoms with Gasteiger partial charge >= 0.3 is 0 Å². The summed E-state index contributed by atoms with van der Waals surface area (Å²) in [7, 11) is 1.55. The summed E-state index contributed by atoms with van der Waals surface area (Å²) in [5.41, 5.74) is 6.01. The van der Waals surface area contributed by atoms with Crippen molar-refractivity contribution in [3.8, 4) is 5.75 Å². The number of rotatable bonds is 4. The van der Waals surface area contributed by atoms with Crippen LogP contribution in [0.3, 0.4) is 0 Å². The number of carbonyl (C=O) groups is 2. The lowest BCUT2D eigenvalue weighted by molar-refractivity contribution is -0.134. The van der Waals surface area contributed by atoms with Crippen molar-refractivity contribution in [3.63, 3.8) is 0 Å². The van der Waals surface area contributed by atoms with Gasteiger partial charge in [0, 0.05) is 23.7 Å². The van der Waals surface area contributed by atoms with Crippen LogP contribution >= 0.6 is 11.6 Å². The molecule has 2 rings (SSSR count). The van der Waals surface area contributed by atoms with Crippen molar-refractivity contribution in [2.45, 2.75) is 19.3 Å². The number of primary amides is 1. The maximum Gasteiger partial charge on any atom is 0.227 e. The second-order valence-corrected chi connectivity index (χ2v) is 5.59. The SMILES string of the molecule is COc1cccc(Cl)c1CC(=O)N1CCC[C@@H](C(N)=O)C1. The van der Waals surface area contributed by atoms with Gasteiger partial charge in [0.15, 0.2) is 0 Å². The molecule has 0 spiro atoms. The van der Waals surface area contributed by atoms with Crippen molar-refractivity contribution in [3.05, 3.63) is 28.8 Å². The molecule has 5 nitrogen and oxygen atoms in total. The normalized spacial score (nSPS) is 18.4. The third-order valence-corrected chi connectivity index (χ3v) is 4.15. The summed E-state index contributed by atoms with van der Waals surface area (Å²) in [4.78, 5) is 25.4. The predicted octanol–water partition coefficient (Wildman–Crippen LogP) is 1.61. The largest absolute Gasteiger partial charge is 0.496 e. The van der Waals surface area contributed by atoms with E-state index in [0.29, 0.717) is 29.4 Å². The van der Waals surface area contributed by atoms with Gasteiger partial charge in [-0.05, 0) is 25.0 Å². The molecular formula is C15H19ClN2O3. The smallest absolute Gasteiger partial charge is 0.227 e. The molecule has 0 bridgehead atoms. The van der Waals surface area contributed by atoms with Crippen molar-refractivity contribution in [2.75, 3.05) is 20.2 Å². The maximum absolute atomic E-state index is 12.4. The number of ether oxygens (including phenoxy) is 1. The fourth-order valence-electron chi connectivity index (χ4n) is 2.60. The second-order valence-electron chi connectivity index (χ2n) is 5.18. The summed E-state index contributed by atoms with van der Waals surface area (Å²) in [6, 6.07) is 5.28. The maximum atomic E-state index is 12.4. The Morgan fingerprint density at radius 1 is 1.48 bits per heavy atom. The molecule has 2 amide bonds. The van der Waals surface area contributed by atoms with E-state index in [9.17, 15) is 9.59 Å². The molecule has 1 atom stereocenters. The van der Waals surface area contributed by atoms with Crippen LogP contribution < -0.4 is 10.5 Å². The predicted molar refractivity (Wildman–Crippen MR) is 80.2 cm³/mol. The summed E-state index contributed by atoms with van der Waals surface area (Å²) in [6.07, 6.45) is 1.70. The number of carbonyl (C=O) groups excluding carboxylic acids is 2. The minimum absolute atomic E-state index is 0.0626. The highest BCUT2D eigenvalue weighted by Gasteiger charge is 2.27. The minimum Gasteiger partial charge on any atom is -0.496 e. The number of nitrogens with two attached hydrogens (primary N) is 1. The first-order valence-corrected chi connectivity index (χ1v) is 7.29. The first kappa shape index (κ1) is 15.6. The summed E-state index contributed by atoms with van der Waals surface area (Å²) in [5.74, 6) is -0.0645. The van der Waals surface area contributed by atoms with Crippen molar-refractivity contribution in [1.82, 2.24) is 4.90 Å². The molecule has 1 heterocycles. The van der Waals surface area contributed by atoms with E-state index < -0.39 is 0 Å². The lowest BCUT2D eigenvalue weighted by Crippen LogP contribution is -2.44. The third kappa shape index (κ3) is 3.67. The number of methoxy groups -OCH3 is 1. The van der Waals surface area contributed by atoms with E-state index >= 15 is 0 Å². The van der Waals surface area contributed by atoms with Gasteiger partial charge in [0.05, 0.1) is 19.4 Å². The number of likely N-dealkylation sites (tertiary alicyclic amines) is 1. The molecule has 1 saturated heterocycles. The van der Waals surface area contributed by atoms with Crippen LogP contribution in [-0.4, -0.2) is 36.9 Å². The fraction of sp³-hybridized carbons (Fsp3) is 0.467. The number of nitrogens with zero attached hydrogens (tertiary/aromatic N) is 1. The highest BCUT2D eigenvalue weighted by molar-refractivity contribution is 6.31. The molecule has 114 valence electrons. The zero-order chi connectivity index (χ0) is 15.4. The molecule has 0 radical (unpaired) electrons. The van der Waals surface area contributed by atoms with Gasteiger partial charge in [-0.15, -0.1) is 0 Å². The molecule has 2 N–H and O–H groups in total. The molecule has 1 aromatic rings. The lowest BCUT2D eigenvalue weighted by atomic mass is 9.97. The molecule has 1 aliphatic rings. The van der Waals surface area contributed by atoms with Crippen molar-refractivity contribution in [1.29, 1.82) is 0 Å². The Bertz CT molecular complexity index is 548. The molecule has 0 unspecified atom stereocenters. The molecule has 1 aliphatic heterocycles. The van der Waals surface area contributed by atoms with Gasteiger partial charge in [-0.25, -0.2) is 0 Å². The van der Waals surface area contributed by atoms with Crippen LogP contribution in [0.4, 0.5) is 0 Å². The third-order valence-electron chi connectivity index (χ3n) is 3.80. The number of halogens is 1. The molecule has 21 heavy (non-hydrogen) atoms. The molecule has 0 aromatic heterocycles. The summed E-state index contributed by atoms with van der Waals surface area (Å²) >= 11 is 6.15. The average molecular weight is 311 g/mol. The molecular weight excluding hydrogens is 292 g/mol. The van der Waals surface area contributed by atoms with Crippen LogP contribution in [-0.2, 0) is 16.0 Å². The van der Waals surface area contributed by atoms with Crippen molar-refractivity contribution < 1.29 is 14.3 Å². The average Bonchev–Trinajstić information content (AvgIpc) is 2.49. The Labute approximate surface area is 129 Å². The Morgan fingerprint density at radius 2 is 2.24 bits per heavy atom. The zero-order valence-electron chi connectivity index (χ0n) is 12.0. The molecule has 1 fully saturated rings. The van der Waals surface area contributed by atoms with E-state index in [1.54, 1.807) is 30.2 Å². The van der Waals surface area contributed by atoms with Crippen LogP contribution in [0.2, 0.25) is 5.02 Å². The van der Waals surface area contributed by atoms with Crippen LogP contribution in [0.5, 0.6) is 5.75 Å². The van der Waals surface area contributed by atoms with E-state index in [1.807, 2.05) is 0 Å². The minimum atomic E-state index is -0.345. The molecule has 6 heteroatoms. The van der Waals surface area contributed by atoms with E-state index in [2.05, 4.69) is 0 Å². The van der Waals surface area contributed by atoms with Gasteiger partial charge in [0.1, 0.15) is 5.75 Å². The monoisotopic (exact) mass is 310 g/mol. The van der Waals surface area contributed by atoms with Gasteiger partial charge in [-0.2, -0.15) is 0 Å². The Kier molecular flexibility index (Phi) is 5.07. The molecule has 1 aromatic carbocycles. The van der Waals surface area contributed by atoms with Crippen molar-refractivity contribution >= 4 is 23.4 Å². The summed E-state index contributed by atoms with van der Waals surface area (Å²) < 4.78 is 5.24. The van der Waals surface area contributed by atoms with Gasteiger partial charge in [-0.3, -0.25) is 9.59 Å². The van der Waals surface area contributed by atoms with Crippen molar-refractivity contribution in [2.24, 2.45) is 11.7 Å². The van der Waals surface area contributed by atoms with E-state index in [1.165, 1.54) is 0 Å². The topological polar surface area (TPSA) is 72.6 Å². The van der Waals surface area contributed by atoms with Gasteiger partial charge in [-0.1, -0.05) is 17.7 Å². The first-order valence-electron chi connectivity index (χ1n) is 6.91. The van der Waals surface area contributed by atoms with E-state index in [0.717, 1.165) is 12.8 Å². The Morgan fingerprint density at radius 3 is 2.90 bits per heavy atom. The Hall–Kier alpha value is -1.75. The van der Waals surface area contributed by atoms with Gasteiger partial charge in [0.2, 0.25) is 11.8 Å². The van der Waals surface area contributed by atoms with Crippen LogP contribution in [0.25, 0.3) is 0 Å². The first-order chi connectivity index (χ1) is 10.0. The van der Waals surface area contributed by atoms with Crippen LogP contribution in [0.1, 0.15) is 18.4 Å². The zero-order valence-corrected chi connectivity index (χ0v) is 12.7. The fourth-order valence-corrected chi connectivity index (χ4v) is 2.83. The highest BCUT2D eigenvalue weighted by Crippen LogP contribution is 2.27. The molecule has 0 aliphatic carbocycles. The standard InChI is InChI=1S/C15H19ClN2O3/c1-21-13-6-2-5-12(16)11(13)8-14(19)18-7-3-4-10(9-18)15(17)20/h2,5-6,10H,3-4,7-9H2,1H3,(H2,17,20)/t10-/m1/s1. The van der Waals surface area contributed by atoms with E-state index in [4.69, 9.17) is 22.1 Å². The number of piperidine rings is 1. The summed E-state index contributed by atoms with van der Waals surface area (Å²) in [5, 5.41) is 0.506. The Balaban J connectivity index is 2.09. The van der Waals surface area contributed by atoms with E-state index in [-0.39, 0.29) is 24.2 Å². The second kappa shape index (κ2) is 6.80. The highest BCUT2D eigenvalue weighted by atomic mass is 35.5. The quantitative estimate of drug-likeness (QED) is 0.918. The van der Waals surface area contributed by atoms with Gasteiger partial charge < -0.3 is 15.4 Å². The molecule has 0 saturated carbocycles. The van der Waals surface area contributed by atoms with Gasteiger partial charge in [0.25, 0.3) is 0 Å². The van der Waals surface area contributed by atoms with Crippen LogP contribution in [0.15, 0.2) is 18.2 Å². The number of hydrogen-bond donors (Lipinski definition) is 1. The lowest BCUT2D eigenvalue weighted by Gasteiger charge is -2.31. The summed E-state index contributed by atoms with van der Waals surface area (Å²) in [6.45, 7) is 1.04. The van der Waals surface area contributed by atoms with Crippen LogP contribution in [0, 0.1) is 5.92 Å². The number of hydrogen-bond acceptors (Lipinski definition) is 3. The number of benzene rings is 1. The number of amides is 2.